The number of rotatable bonds is 7. The van der Waals surface area contributed by atoms with Gasteiger partial charge in [0.15, 0.2) is 0 Å². The molecule has 0 aliphatic carbocycles. The lowest BCUT2D eigenvalue weighted by molar-refractivity contribution is 0.471. The van der Waals surface area contributed by atoms with Gasteiger partial charge in [0, 0.05) is 32.0 Å². The summed E-state index contributed by atoms with van der Waals surface area (Å²) >= 11 is 0. The molecule has 0 saturated carbocycles. The van der Waals surface area contributed by atoms with Crippen molar-refractivity contribution in [2.24, 2.45) is 7.05 Å². The van der Waals surface area contributed by atoms with Crippen LogP contribution in [0.3, 0.4) is 0 Å². The Morgan fingerprint density at radius 1 is 1.42 bits per heavy atom. The van der Waals surface area contributed by atoms with Crippen molar-refractivity contribution in [3.63, 3.8) is 0 Å². The van der Waals surface area contributed by atoms with Crippen molar-refractivity contribution >= 4 is 0 Å². The summed E-state index contributed by atoms with van der Waals surface area (Å²) in [7, 11) is 1.94. The first kappa shape index (κ1) is 13.8. The molecule has 2 aromatic rings. The number of hydrogen-bond acceptors (Lipinski definition) is 3. The second-order valence-corrected chi connectivity index (χ2v) is 4.99. The maximum absolute atomic E-state index is 4.57. The largest absolute Gasteiger partial charge is 0.311 e. The zero-order valence-corrected chi connectivity index (χ0v) is 12.0. The number of hydrogen-bond donors (Lipinski definition) is 1. The Hall–Kier alpha value is -1.62. The van der Waals surface area contributed by atoms with Gasteiger partial charge in [0.25, 0.3) is 0 Å². The lowest BCUT2D eigenvalue weighted by atomic mass is 10.2. The zero-order chi connectivity index (χ0) is 13.7. The predicted molar refractivity (Wildman–Crippen MR) is 75.8 cm³/mol. The summed E-state index contributed by atoms with van der Waals surface area (Å²) < 4.78 is 3.88. The molecular weight excluding hydrogens is 238 g/mol. The van der Waals surface area contributed by atoms with Gasteiger partial charge in [-0.15, -0.1) is 0 Å². The molecule has 0 radical (unpaired) electrons. The lowest BCUT2D eigenvalue weighted by Gasteiger charge is -2.08. The fourth-order valence-electron chi connectivity index (χ4n) is 1.95. The number of aromatic nitrogens is 4. The van der Waals surface area contributed by atoms with Gasteiger partial charge in [0.1, 0.15) is 0 Å². The highest BCUT2D eigenvalue weighted by Crippen LogP contribution is 2.08. The minimum absolute atomic E-state index is 0.476. The minimum Gasteiger partial charge on any atom is -0.311 e. The topological polar surface area (TPSA) is 47.7 Å². The third-order valence-corrected chi connectivity index (χ3v) is 3.36. The lowest BCUT2D eigenvalue weighted by Crippen LogP contribution is -2.17. The SMILES string of the molecule is CCC(C)n1ccc(CNCCc2cnn(C)c2)n1. The van der Waals surface area contributed by atoms with Crippen LogP contribution in [0.25, 0.3) is 0 Å². The highest BCUT2D eigenvalue weighted by atomic mass is 15.3. The number of nitrogens with zero attached hydrogens (tertiary/aromatic N) is 4. The molecule has 0 spiro atoms. The summed E-state index contributed by atoms with van der Waals surface area (Å²) in [5.74, 6) is 0. The molecule has 1 atom stereocenters. The molecule has 0 amide bonds. The summed E-state index contributed by atoms with van der Waals surface area (Å²) in [5, 5.41) is 12.1. The Morgan fingerprint density at radius 3 is 2.95 bits per heavy atom. The van der Waals surface area contributed by atoms with Crippen molar-refractivity contribution in [2.75, 3.05) is 6.54 Å². The summed E-state index contributed by atoms with van der Waals surface area (Å²) in [4.78, 5) is 0. The van der Waals surface area contributed by atoms with Gasteiger partial charge in [-0.1, -0.05) is 6.92 Å². The molecule has 104 valence electrons. The van der Waals surface area contributed by atoms with Crippen LogP contribution in [0.1, 0.15) is 37.6 Å². The van der Waals surface area contributed by atoms with Gasteiger partial charge in [-0.05, 0) is 37.9 Å². The van der Waals surface area contributed by atoms with Crippen molar-refractivity contribution in [2.45, 2.75) is 39.3 Å². The van der Waals surface area contributed by atoms with E-state index in [0.717, 1.165) is 31.6 Å². The molecule has 0 aliphatic heterocycles. The van der Waals surface area contributed by atoms with E-state index in [1.165, 1.54) is 5.56 Å². The summed E-state index contributed by atoms with van der Waals surface area (Å²) in [6.07, 6.45) is 8.14. The third-order valence-electron chi connectivity index (χ3n) is 3.36. The molecule has 1 unspecified atom stereocenters. The summed E-state index contributed by atoms with van der Waals surface area (Å²) in [6.45, 7) is 6.14. The highest BCUT2D eigenvalue weighted by Gasteiger charge is 2.04. The maximum atomic E-state index is 4.57. The third kappa shape index (κ3) is 3.92. The van der Waals surface area contributed by atoms with E-state index >= 15 is 0 Å². The second kappa shape index (κ2) is 6.52. The molecule has 5 heteroatoms. The van der Waals surface area contributed by atoms with E-state index in [0.29, 0.717) is 6.04 Å². The van der Waals surface area contributed by atoms with Crippen LogP contribution in [-0.2, 0) is 20.0 Å². The summed E-state index contributed by atoms with van der Waals surface area (Å²) in [6, 6.07) is 2.56. The normalized spacial score (nSPS) is 12.8. The zero-order valence-electron chi connectivity index (χ0n) is 12.0. The van der Waals surface area contributed by atoms with Gasteiger partial charge in [-0.2, -0.15) is 10.2 Å². The van der Waals surface area contributed by atoms with Gasteiger partial charge < -0.3 is 5.32 Å². The standard InChI is InChI=1S/C14H23N5/c1-4-12(2)19-8-6-14(17-19)10-15-7-5-13-9-16-18(3)11-13/h6,8-9,11-12,15H,4-5,7,10H2,1-3H3. The summed E-state index contributed by atoms with van der Waals surface area (Å²) in [5.41, 5.74) is 2.37. The van der Waals surface area contributed by atoms with E-state index in [-0.39, 0.29) is 0 Å². The molecule has 2 rings (SSSR count). The van der Waals surface area contributed by atoms with Crippen LogP contribution >= 0.6 is 0 Å². The first-order chi connectivity index (χ1) is 9.19. The fourth-order valence-corrected chi connectivity index (χ4v) is 1.95. The molecule has 19 heavy (non-hydrogen) atoms. The van der Waals surface area contributed by atoms with E-state index in [4.69, 9.17) is 0 Å². The van der Waals surface area contributed by atoms with Crippen LogP contribution in [0.5, 0.6) is 0 Å². The van der Waals surface area contributed by atoms with E-state index in [2.05, 4.69) is 47.8 Å². The van der Waals surface area contributed by atoms with Crippen LogP contribution < -0.4 is 5.32 Å². The monoisotopic (exact) mass is 261 g/mol. The quantitative estimate of drug-likeness (QED) is 0.775. The van der Waals surface area contributed by atoms with E-state index in [1.807, 2.05) is 22.6 Å². The molecular formula is C14H23N5. The van der Waals surface area contributed by atoms with E-state index in [1.54, 1.807) is 0 Å². The fraction of sp³-hybridized carbons (Fsp3) is 0.571. The number of nitrogens with one attached hydrogen (secondary N) is 1. The highest BCUT2D eigenvalue weighted by molar-refractivity contribution is 5.04. The molecule has 2 aromatic heterocycles. The molecule has 0 aliphatic rings. The van der Waals surface area contributed by atoms with Gasteiger partial charge in [0.05, 0.1) is 11.9 Å². The Kier molecular flexibility index (Phi) is 4.74. The molecule has 0 fully saturated rings. The molecule has 5 nitrogen and oxygen atoms in total. The van der Waals surface area contributed by atoms with Crippen LogP contribution in [0, 0.1) is 0 Å². The van der Waals surface area contributed by atoms with Crippen LogP contribution in [0.2, 0.25) is 0 Å². The van der Waals surface area contributed by atoms with Crippen molar-refractivity contribution in [1.29, 1.82) is 0 Å². The second-order valence-electron chi connectivity index (χ2n) is 4.99. The van der Waals surface area contributed by atoms with Crippen LogP contribution in [0.15, 0.2) is 24.7 Å². The van der Waals surface area contributed by atoms with E-state index < -0.39 is 0 Å². The van der Waals surface area contributed by atoms with Gasteiger partial charge >= 0.3 is 0 Å². The Balaban J connectivity index is 1.72. The predicted octanol–water partition coefficient (Wildman–Crippen LogP) is 1.92. The van der Waals surface area contributed by atoms with Gasteiger partial charge in [-0.3, -0.25) is 9.36 Å². The average Bonchev–Trinajstić information content (AvgIpc) is 3.03. The smallest absolute Gasteiger partial charge is 0.0762 e. The van der Waals surface area contributed by atoms with Gasteiger partial charge in [-0.25, -0.2) is 0 Å². The van der Waals surface area contributed by atoms with Crippen molar-refractivity contribution in [3.8, 4) is 0 Å². The first-order valence-electron chi connectivity index (χ1n) is 6.91. The van der Waals surface area contributed by atoms with Crippen LogP contribution in [-0.4, -0.2) is 26.1 Å². The molecule has 1 N–H and O–H groups in total. The van der Waals surface area contributed by atoms with Crippen molar-refractivity contribution in [1.82, 2.24) is 24.9 Å². The molecule has 0 bridgehead atoms. The molecule has 0 saturated heterocycles. The van der Waals surface area contributed by atoms with E-state index in [9.17, 15) is 0 Å². The van der Waals surface area contributed by atoms with Crippen LogP contribution in [0.4, 0.5) is 0 Å². The number of aryl methyl sites for hydroxylation is 1. The molecule has 2 heterocycles. The Morgan fingerprint density at radius 2 is 2.26 bits per heavy atom. The Bertz CT molecular complexity index is 499. The maximum Gasteiger partial charge on any atom is 0.0762 e. The van der Waals surface area contributed by atoms with Crippen molar-refractivity contribution in [3.05, 3.63) is 35.9 Å². The van der Waals surface area contributed by atoms with Gasteiger partial charge in [0.2, 0.25) is 0 Å². The molecule has 0 aromatic carbocycles. The average molecular weight is 261 g/mol. The first-order valence-corrected chi connectivity index (χ1v) is 6.91. The minimum atomic E-state index is 0.476. The Labute approximate surface area is 114 Å². The van der Waals surface area contributed by atoms with Crippen molar-refractivity contribution < 1.29 is 0 Å².